The van der Waals surface area contributed by atoms with Gasteiger partial charge in [-0.05, 0) is 30.5 Å². The molecule has 1 aromatic rings. The third-order valence-corrected chi connectivity index (χ3v) is 6.66. The molecule has 0 aromatic heterocycles. The van der Waals surface area contributed by atoms with E-state index >= 15 is 0 Å². The number of fused-ring (bicyclic) bond motifs is 2. The van der Waals surface area contributed by atoms with E-state index < -0.39 is 11.0 Å². The molecule has 1 spiro atoms. The molecule has 6 heteroatoms. The molecule has 6 nitrogen and oxygen atoms in total. The number of ketones is 1. The zero-order valence-electron chi connectivity index (χ0n) is 15.4. The van der Waals surface area contributed by atoms with Gasteiger partial charge in [0.2, 0.25) is 12.5 Å². The quantitative estimate of drug-likeness (QED) is 0.758. The van der Waals surface area contributed by atoms with Crippen molar-refractivity contribution in [2.45, 2.75) is 31.3 Å². The normalized spacial score (nSPS) is 35.5. The number of rotatable bonds is 4. The van der Waals surface area contributed by atoms with Crippen LogP contribution in [0.3, 0.4) is 0 Å². The van der Waals surface area contributed by atoms with E-state index in [1.54, 1.807) is 13.2 Å². The van der Waals surface area contributed by atoms with Gasteiger partial charge in [-0.25, -0.2) is 0 Å². The van der Waals surface area contributed by atoms with Crippen molar-refractivity contribution >= 4 is 5.78 Å². The van der Waals surface area contributed by atoms with Crippen molar-refractivity contribution in [2.24, 2.45) is 11.3 Å². The van der Waals surface area contributed by atoms with Crippen molar-refractivity contribution in [3.63, 3.8) is 0 Å². The van der Waals surface area contributed by atoms with Gasteiger partial charge in [-0.3, -0.25) is 4.79 Å². The molecule has 2 bridgehead atoms. The second-order valence-electron chi connectivity index (χ2n) is 7.72. The van der Waals surface area contributed by atoms with Crippen molar-refractivity contribution in [3.8, 4) is 17.2 Å². The van der Waals surface area contributed by atoms with Gasteiger partial charge in [-0.2, -0.15) is 0 Å². The van der Waals surface area contributed by atoms with Gasteiger partial charge >= 0.3 is 0 Å². The molecular formula is C21H22O6. The number of hydrogen-bond acceptors (Lipinski definition) is 6. The first-order valence-corrected chi connectivity index (χ1v) is 9.17. The van der Waals surface area contributed by atoms with Gasteiger partial charge in [0.15, 0.2) is 24.1 Å². The lowest BCUT2D eigenvalue weighted by Gasteiger charge is -2.35. The lowest BCUT2D eigenvalue weighted by Crippen LogP contribution is -2.39. The highest BCUT2D eigenvalue weighted by molar-refractivity contribution is 5.99. The average Bonchev–Trinajstić information content (AvgIpc) is 3.33. The van der Waals surface area contributed by atoms with E-state index in [0.717, 1.165) is 5.56 Å². The van der Waals surface area contributed by atoms with Crippen LogP contribution in [0.1, 0.15) is 31.2 Å². The van der Waals surface area contributed by atoms with Crippen LogP contribution in [0.25, 0.3) is 0 Å². The molecule has 5 rings (SSSR count). The van der Waals surface area contributed by atoms with Gasteiger partial charge in [0.25, 0.3) is 0 Å². The molecule has 0 radical (unpaired) electrons. The molecule has 4 aliphatic rings. The van der Waals surface area contributed by atoms with Gasteiger partial charge in [0.05, 0.1) is 7.11 Å². The van der Waals surface area contributed by atoms with Crippen LogP contribution in [0, 0.1) is 11.3 Å². The minimum atomic E-state index is -0.614. The number of carbonyl (C=O) groups excluding carboxylic acids is 1. The molecule has 2 aliphatic carbocycles. The predicted octanol–water partition coefficient (Wildman–Crippen LogP) is 3.32. The summed E-state index contributed by atoms with van der Waals surface area (Å²) in [5.41, 5.74) is -0.191. The third-order valence-electron chi connectivity index (χ3n) is 6.66. The average molecular weight is 370 g/mol. The van der Waals surface area contributed by atoms with Crippen LogP contribution < -0.4 is 14.2 Å². The minimum absolute atomic E-state index is 0.0442. The van der Waals surface area contributed by atoms with Gasteiger partial charge < -0.3 is 23.7 Å². The van der Waals surface area contributed by atoms with E-state index in [1.807, 2.05) is 18.2 Å². The van der Waals surface area contributed by atoms with Crippen molar-refractivity contribution in [1.82, 2.24) is 0 Å². The Labute approximate surface area is 157 Å². The highest BCUT2D eigenvalue weighted by Gasteiger charge is 2.68. The number of allylic oxidation sites excluding steroid dienone is 2. The molecule has 0 amide bonds. The summed E-state index contributed by atoms with van der Waals surface area (Å²) in [6.07, 6.45) is 4.64. The Balaban J connectivity index is 1.70. The van der Waals surface area contributed by atoms with Crippen LogP contribution >= 0.6 is 0 Å². The monoisotopic (exact) mass is 370 g/mol. The van der Waals surface area contributed by atoms with Crippen molar-refractivity contribution in [2.75, 3.05) is 20.7 Å². The van der Waals surface area contributed by atoms with E-state index in [4.69, 9.17) is 23.7 Å². The molecule has 2 aliphatic heterocycles. The number of carbonyl (C=O) groups is 1. The van der Waals surface area contributed by atoms with Crippen LogP contribution in [0.5, 0.6) is 17.2 Å². The summed E-state index contributed by atoms with van der Waals surface area (Å²) in [5, 5.41) is 0. The molecule has 0 unspecified atom stereocenters. The highest BCUT2D eigenvalue weighted by atomic mass is 16.7. The van der Waals surface area contributed by atoms with Gasteiger partial charge in [0, 0.05) is 23.3 Å². The first-order valence-electron chi connectivity index (χ1n) is 9.17. The number of ether oxygens (including phenoxy) is 5. The molecule has 27 heavy (non-hydrogen) atoms. The second-order valence-corrected chi connectivity index (χ2v) is 7.72. The topological polar surface area (TPSA) is 63.2 Å². The standard InChI is InChI=1S/C21H22O6/c1-4-5-20-9-21(17(8-16(20)22)25-11-27-21)12(2)18(20)13-6-14(23-3)19-15(7-13)24-10-26-19/h4,6-8,12,18H,1,5,9-11H2,2-3H3/t12-,18+,20-,21+/m0/s1. The molecule has 4 atom stereocenters. The lowest BCUT2D eigenvalue weighted by molar-refractivity contribution is -0.126. The fourth-order valence-electron chi connectivity index (χ4n) is 5.53. The highest BCUT2D eigenvalue weighted by Crippen LogP contribution is 2.67. The summed E-state index contributed by atoms with van der Waals surface area (Å²) in [4.78, 5) is 13.3. The molecule has 1 aromatic carbocycles. The summed E-state index contributed by atoms with van der Waals surface area (Å²) >= 11 is 0. The van der Waals surface area contributed by atoms with E-state index in [-0.39, 0.29) is 31.2 Å². The number of hydrogen-bond donors (Lipinski definition) is 0. The Hall–Kier alpha value is -2.47. The summed E-state index contributed by atoms with van der Waals surface area (Å²) in [6.45, 7) is 6.40. The van der Waals surface area contributed by atoms with Crippen molar-refractivity contribution in [3.05, 3.63) is 42.2 Å². The molecule has 1 saturated heterocycles. The Bertz CT molecular complexity index is 874. The summed E-state index contributed by atoms with van der Waals surface area (Å²) in [5.74, 6) is 2.57. The number of benzene rings is 1. The first-order chi connectivity index (χ1) is 13.1. The Kier molecular flexibility index (Phi) is 3.41. The van der Waals surface area contributed by atoms with Gasteiger partial charge in [0.1, 0.15) is 11.4 Å². The summed E-state index contributed by atoms with van der Waals surface area (Å²) < 4.78 is 28.4. The Morgan fingerprint density at radius 3 is 2.93 bits per heavy atom. The first kappa shape index (κ1) is 16.7. The maximum absolute atomic E-state index is 13.3. The van der Waals surface area contributed by atoms with E-state index in [1.165, 1.54) is 0 Å². The van der Waals surface area contributed by atoms with Gasteiger partial charge in [-0.15, -0.1) is 6.58 Å². The fraction of sp³-hybridized carbons (Fsp3) is 0.476. The zero-order chi connectivity index (χ0) is 18.8. The smallest absolute Gasteiger partial charge is 0.231 e. The molecule has 2 heterocycles. The Morgan fingerprint density at radius 2 is 2.15 bits per heavy atom. The molecule has 142 valence electrons. The number of methoxy groups -OCH3 is 1. The molecule has 2 fully saturated rings. The molecular weight excluding hydrogens is 348 g/mol. The second kappa shape index (κ2) is 5.52. The maximum Gasteiger partial charge on any atom is 0.231 e. The van der Waals surface area contributed by atoms with Crippen LogP contribution in [0.2, 0.25) is 0 Å². The zero-order valence-corrected chi connectivity index (χ0v) is 15.4. The van der Waals surface area contributed by atoms with E-state index in [9.17, 15) is 4.79 Å². The Morgan fingerprint density at radius 1 is 1.30 bits per heavy atom. The summed E-state index contributed by atoms with van der Waals surface area (Å²) in [7, 11) is 1.61. The summed E-state index contributed by atoms with van der Waals surface area (Å²) in [6, 6.07) is 3.93. The predicted molar refractivity (Wildman–Crippen MR) is 95.7 cm³/mol. The largest absolute Gasteiger partial charge is 0.493 e. The maximum atomic E-state index is 13.3. The fourth-order valence-corrected chi connectivity index (χ4v) is 5.53. The molecule has 1 saturated carbocycles. The minimum Gasteiger partial charge on any atom is -0.493 e. The van der Waals surface area contributed by atoms with Crippen LogP contribution in [0.15, 0.2) is 36.6 Å². The molecule has 0 N–H and O–H groups in total. The van der Waals surface area contributed by atoms with Crippen LogP contribution in [0.4, 0.5) is 0 Å². The van der Waals surface area contributed by atoms with E-state index in [0.29, 0.717) is 35.8 Å². The lowest BCUT2D eigenvalue weighted by atomic mass is 9.67. The SMILES string of the molecule is C=CC[C@]12C[C@@]3(OCOC3=CC1=O)[C@@H](C)[C@@H]2c1cc(OC)c2c(c1)OCO2. The van der Waals surface area contributed by atoms with Crippen LogP contribution in [-0.4, -0.2) is 32.1 Å². The van der Waals surface area contributed by atoms with Crippen molar-refractivity contribution < 1.29 is 28.5 Å². The van der Waals surface area contributed by atoms with E-state index in [2.05, 4.69) is 13.5 Å². The van der Waals surface area contributed by atoms with Crippen LogP contribution in [-0.2, 0) is 14.3 Å². The third kappa shape index (κ3) is 1.96. The van der Waals surface area contributed by atoms with Gasteiger partial charge in [-0.1, -0.05) is 13.0 Å². The van der Waals surface area contributed by atoms with Crippen molar-refractivity contribution in [1.29, 1.82) is 0 Å².